The van der Waals surface area contributed by atoms with Gasteiger partial charge in [-0.3, -0.25) is 0 Å². The van der Waals surface area contributed by atoms with E-state index in [2.05, 4.69) is 10.0 Å². The van der Waals surface area contributed by atoms with E-state index in [1.807, 2.05) is 25.1 Å². The number of rotatable bonds is 8. The first-order valence-electron chi connectivity index (χ1n) is 7.08. The Morgan fingerprint density at radius 3 is 2.90 bits per heavy atom. The molecule has 0 aliphatic carbocycles. The lowest BCUT2D eigenvalue weighted by atomic mass is 10.2. The van der Waals surface area contributed by atoms with E-state index in [1.54, 1.807) is 12.1 Å². The van der Waals surface area contributed by atoms with Gasteiger partial charge in [-0.05, 0) is 44.3 Å². The van der Waals surface area contributed by atoms with E-state index in [9.17, 15) is 8.42 Å². The molecule has 1 heterocycles. The molecule has 7 heteroatoms. The summed E-state index contributed by atoms with van der Waals surface area (Å²) in [4.78, 5) is 2.33. The summed E-state index contributed by atoms with van der Waals surface area (Å²) >= 11 is 0. The van der Waals surface area contributed by atoms with Crippen molar-refractivity contribution >= 4 is 15.7 Å². The highest BCUT2D eigenvalue weighted by Crippen LogP contribution is 2.24. The minimum absolute atomic E-state index is 0.283. The number of hydrogen-bond acceptors (Lipinski definition) is 5. The van der Waals surface area contributed by atoms with Crippen molar-refractivity contribution in [2.24, 2.45) is 0 Å². The largest absolute Gasteiger partial charge is 0.384 e. The molecule has 0 aromatic heterocycles. The predicted octanol–water partition coefficient (Wildman–Crippen LogP) is 0.511. The number of likely N-dealkylation sites (N-methyl/N-ethyl adjacent to an activating group) is 1. The van der Waals surface area contributed by atoms with E-state index in [-0.39, 0.29) is 6.54 Å². The fourth-order valence-corrected chi connectivity index (χ4v) is 3.19. The third-order valence-corrected chi connectivity index (χ3v) is 4.78. The van der Waals surface area contributed by atoms with Gasteiger partial charge in [0.1, 0.15) is 0 Å². The van der Waals surface area contributed by atoms with Gasteiger partial charge in [-0.25, -0.2) is 13.1 Å². The van der Waals surface area contributed by atoms with Crippen LogP contribution in [0, 0.1) is 0 Å². The van der Waals surface area contributed by atoms with Crippen LogP contribution in [0.4, 0.5) is 5.69 Å². The Bertz CT molecular complexity index is 573. The number of nitrogens with one attached hydrogen (secondary N) is 2. The Morgan fingerprint density at radius 2 is 2.14 bits per heavy atom. The second-order valence-electron chi connectivity index (χ2n) is 5.31. The third kappa shape index (κ3) is 4.67. The summed E-state index contributed by atoms with van der Waals surface area (Å²) in [6, 6.07) is 5.20. The second kappa shape index (κ2) is 7.22. The lowest BCUT2D eigenvalue weighted by Crippen LogP contribution is -2.28. The maximum Gasteiger partial charge on any atom is 0.240 e. The molecule has 0 amide bonds. The van der Waals surface area contributed by atoms with Crippen LogP contribution in [0.2, 0.25) is 0 Å². The van der Waals surface area contributed by atoms with Gasteiger partial charge in [0.15, 0.2) is 0 Å². The van der Waals surface area contributed by atoms with Gasteiger partial charge in [0.25, 0.3) is 0 Å². The highest BCUT2D eigenvalue weighted by Gasteiger charge is 2.17. The number of anilines is 1. The Balaban J connectivity index is 1.82. The first-order valence-corrected chi connectivity index (χ1v) is 8.56. The smallest absolute Gasteiger partial charge is 0.240 e. The average molecular weight is 313 g/mol. The summed E-state index contributed by atoms with van der Waals surface area (Å²) in [5, 5.41) is 3.21. The molecule has 2 rings (SSSR count). The van der Waals surface area contributed by atoms with Gasteiger partial charge in [0.2, 0.25) is 10.0 Å². The minimum atomic E-state index is -3.45. The molecule has 2 N–H and O–H groups in total. The predicted molar refractivity (Wildman–Crippen MR) is 83.2 cm³/mol. The summed E-state index contributed by atoms with van der Waals surface area (Å²) in [5.41, 5.74) is 2.08. The Morgan fingerprint density at radius 1 is 1.33 bits per heavy atom. The maximum absolute atomic E-state index is 12.2. The first-order chi connectivity index (χ1) is 9.99. The SMILES string of the molecule is CN(C)CCOCCNS(=O)(=O)c1ccc2c(c1)CCN2. The summed E-state index contributed by atoms with van der Waals surface area (Å²) in [6.45, 7) is 2.94. The van der Waals surface area contributed by atoms with Crippen LogP contribution in [-0.2, 0) is 21.2 Å². The fourth-order valence-electron chi connectivity index (χ4n) is 2.13. The normalized spacial score (nSPS) is 14.2. The van der Waals surface area contributed by atoms with Crippen LogP contribution < -0.4 is 10.0 Å². The number of sulfonamides is 1. The molecule has 0 saturated carbocycles. The Labute approximate surface area is 126 Å². The summed E-state index contributed by atoms with van der Waals surface area (Å²) < 4.78 is 32.3. The Hall–Kier alpha value is -1.15. The van der Waals surface area contributed by atoms with Crippen molar-refractivity contribution in [1.82, 2.24) is 9.62 Å². The first kappa shape index (κ1) is 16.2. The van der Waals surface area contributed by atoms with Crippen molar-refractivity contribution in [1.29, 1.82) is 0 Å². The van der Waals surface area contributed by atoms with Crippen molar-refractivity contribution in [3.05, 3.63) is 23.8 Å². The molecular formula is C14H23N3O3S. The van der Waals surface area contributed by atoms with Crippen molar-refractivity contribution in [3.8, 4) is 0 Å². The fraction of sp³-hybridized carbons (Fsp3) is 0.571. The molecule has 1 aromatic carbocycles. The van der Waals surface area contributed by atoms with Crippen molar-refractivity contribution in [2.45, 2.75) is 11.3 Å². The lowest BCUT2D eigenvalue weighted by molar-refractivity contribution is 0.122. The quantitative estimate of drug-likeness (QED) is 0.684. The molecule has 0 unspecified atom stereocenters. The molecule has 1 aliphatic rings. The van der Waals surface area contributed by atoms with Gasteiger partial charge in [0.05, 0.1) is 18.1 Å². The zero-order valence-electron chi connectivity index (χ0n) is 12.6. The minimum Gasteiger partial charge on any atom is -0.384 e. The molecule has 0 atom stereocenters. The van der Waals surface area contributed by atoms with Crippen LogP contribution in [0.3, 0.4) is 0 Å². The molecule has 0 fully saturated rings. The molecule has 1 aliphatic heterocycles. The van der Waals surface area contributed by atoms with Crippen molar-refractivity contribution < 1.29 is 13.2 Å². The van der Waals surface area contributed by atoms with Crippen LogP contribution in [-0.4, -0.2) is 60.3 Å². The monoisotopic (exact) mass is 313 g/mol. The molecular weight excluding hydrogens is 290 g/mol. The van der Waals surface area contributed by atoms with Gasteiger partial charge in [-0.2, -0.15) is 0 Å². The van der Waals surface area contributed by atoms with Gasteiger partial charge < -0.3 is 15.0 Å². The number of fused-ring (bicyclic) bond motifs is 1. The third-order valence-electron chi connectivity index (χ3n) is 3.32. The lowest BCUT2D eigenvalue weighted by Gasteiger charge is -2.11. The van der Waals surface area contributed by atoms with E-state index in [0.717, 1.165) is 30.8 Å². The molecule has 0 saturated heterocycles. The standard InChI is InChI=1S/C14H23N3O3S/c1-17(2)8-10-20-9-7-16-21(18,19)13-3-4-14-12(11-13)5-6-15-14/h3-4,11,15-16H,5-10H2,1-2H3. The van der Waals surface area contributed by atoms with Gasteiger partial charge in [-0.15, -0.1) is 0 Å². The van der Waals surface area contributed by atoms with Crippen LogP contribution in [0.5, 0.6) is 0 Å². The van der Waals surface area contributed by atoms with Crippen molar-refractivity contribution in [3.63, 3.8) is 0 Å². The van der Waals surface area contributed by atoms with E-state index in [1.165, 1.54) is 0 Å². The highest BCUT2D eigenvalue weighted by atomic mass is 32.2. The Kier molecular flexibility index (Phi) is 5.58. The maximum atomic E-state index is 12.2. The summed E-state index contributed by atoms with van der Waals surface area (Å²) in [7, 11) is 0.481. The summed E-state index contributed by atoms with van der Waals surface area (Å²) in [6.07, 6.45) is 0.867. The molecule has 0 spiro atoms. The van der Waals surface area contributed by atoms with E-state index in [4.69, 9.17) is 4.74 Å². The molecule has 6 nitrogen and oxygen atoms in total. The zero-order valence-corrected chi connectivity index (χ0v) is 13.4. The second-order valence-corrected chi connectivity index (χ2v) is 7.08. The zero-order chi connectivity index (χ0) is 15.3. The number of hydrogen-bond donors (Lipinski definition) is 2. The average Bonchev–Trinajstić information content (AvgIpc) is 2.89. The van der Waals surface area contributed by atoms with Crippen LogP contribution >= 0.6 is 0 Å². The van der Waals surface area contributed by atoms with Crippen LogP contribution in [0.25, 0.3) is 0 Å². The molecule has 1 aromatic rings. The van der Waals surface area contributed by atoms with Crippen LogP contribution in [0.1, 0.15) is 5.56 Å². The van der Waals surface area contributed by atoms with Crippen molar-refractivity contribution in [2.75, 3.05) is 52.3 Å². The highest BCUT2D eigenvalue weighted by molar-refractivity contribution is 7.89. The number of benzene rings is 1. The van der Waals surface area contributed by atoms with Gasteiger partial charge >= 0.3 is 0 Å². The van der Waals surface area contributed by atoms with Crippen LogP contribution in [0.15, 0.2) is 23.1 Å². The number of ether oxygens (including phenoxy) is 1. The van der Waals surface area contributed by atoms with E-state index < -0.39 is 10.0 Å². The molecule has 21 heavy (non-hydrogen) atoms. The molecule has 0 bridgehead atoms. The molecule has 0 radical (unpaired) electrons. The van der Waals surface area contributed by atoms with Gasteiger partial charge in [-0.1, -0.05) is 0 Å². The topological polar surface area (TPSA) is 70.7 Å². The molecule has 118 valence electrons. The van der Waals surface area contributed by atoms with Gasteiger partial charge in [0, 0.05) is 25.3 Å². The number of nitrogens with zero attached hydrogens (tertiary/aromatic N) is 1. The van der Waals surface area contributed by atoms with E-state index in [0.29, 0.717) is 18.1 Å². The van der Waals surface area contributed by atoms with E-state index >= 15 is 0 Å². The summed E-state index contributed by atoms with van der Waals surface area (Å²) in [5.74, 6) is 0.